The Balaban J connectivity index is 2.36. The molecule has 2 rings (SSSR count). The summed E-state index contributed by atoms with van der Waals surface area (Å²) in [6.45, 7) is 8.45. The number of sulfonamides is 1. The van der Waals surface area contributed by atoms with Gasteiger partial charge in [-0.15, -0.1) is 0 Å². The number of ketones is 1. The smallest absolute Gasteiger partial charge is 0.355 e. The van der Waals surface area contributed by atoms with Gasteiger partial charge in [0, 0.05) is 29.8 Å². The van der Waals surface area contributed by atoms with Crippen molar-refractivity contribution in [3.8, 4) is 0 Å². The zero-order chi connectivity index (χ0) is 23.3. The highest BCUT2D eigenvalue weighted by Crippen LogP contribution is 2.24. The van der Waals surface area contributed by atoms with Crippen molar-refractivity contribution in [2.24, 2.45) is 7.05 Å². The van der Waals surface area contributed by atoms with Crippen LogP contribution in [-0.2, 0) is 21.8 Å². The van der Waals surface area contributed by atoms with Gasteiger partial charge in [-0.05, 0) is 51.8 Å². The van der Waals surface area contributed by atoms with Crippen LogP contribution >= 0.6 is 0 Å². The fraction of sp³-hybridized carbons (Fsp3) is 0.391. The van der Waals surface area contributed by atoms with Crippen molar-refractivity contribution in [2.45, 2.75) is 40.7 Å². The summed E-state index contributed by atoms with van der Waals surface area (Å²) in [5, 5.41) is 1.12. The number of esters is 1. The standard InChI is InChI=1S/C23H30N2O5S/c1-7-30-23(27)22-17(4)21(18(5)24(22)6)20(26)15-25(16(2)3)31(28,29)14-13-19-11-9-8-10-12-19/h8-14,16H,7,15H2,1-6H3/b14-13+. The minimum Gasteiger partial charge on any atom is -0.461 e. The number of rotatable bonds is 9. The number of ether oxygens (including phenoxy) is 1. The molecule has 1 aromatic carbocycles. The molecule has 8 heteroatoms. The third-order valence-corrected chi connectivity index (χ3v) is 6.80. The van der Waals surface area contributed by atoms with E-state index in [1.807, 2.05) is 18.2 Å². The summed E-state index contributed by atoms with van der Waals surface area (Å²) in [6.07, 6.45) is 1.51. The summed E-state index contributed by atoms with van der Waals surface area (Å²) in [4.78, 5) is 25.5. The summed E-state index contributed by atoms with van der Waals surface area (Å²) < 4.78 is 33.8. The average Bonchev–Trinajstić information content (AvgIpc) is 2.93. The number of hydrogen-bond acceptors (Lipinski definition) is 5. The molecule has 0 fully saturated rings. The summed E-state index contributed by atoms with van der Waals surface area (Å²) >= 11 is 0. The first-order chi connectivity index (χ1) is 14.5. The second-order valence-electron chi connectivity index (χ2n) is 7.53. The Morgan fingerprint density at radius 3 is 2.32 bits per heavy atom. The monoisotopic (exact) mass is 446 g/mol. The predicted molar refractivity (Wildman–Crippen MR) is 121 cm³/mol. The molecule has 0 spiro atoms. The normalized spacial score (nSPS) is 12.1. The molecule has 0 amide bonds. The van der Waals surface area contributed by atoms with Gasteiger partial charge in [0.2, 0.25) is 10.0 Å². The zero-order valence-corrected chi connectivity index (χ0v) is 19.7. The molecule has 1 heterocycles. The van der Waals surface area contributed by atoms with Crippen LogP contribution in [0, 0.1) is 13.8 Å². The van der Waals surface area contributed by atoms with E-state index in [0.717, 1.165) is 15.3 Å². The van der Waals surface area contributed by atoms with E-state index in [1.54, 1.807) is 58.4 Å². The van der Waals surface area contributed by atoms with Crippen molar-refractivity contribution in [1.29, 1.82) is 0 Å². The molecule has 0 aliphatic heterocycles. The fourth-order valence-corrected chi connectivity index (χ4v) is 4.84. The van der Waals surface area contributed by atoms with Crippen LogP contribution in [0.15, 0.2) is 35.7 Å². The van der Waals surface area contributed by atoms with E-state index in [-0.39, 0.29) is 18.9 Å². The molecular weight excluding hydrogens is 416 g/mol. The van der Waals surface area contributed by atoms with Gasteiger partial charge in [0.15, 0.2) is 5.78 Å². The highest BCUT2D eigenvalue weighted by molar-refractivity contribution is 7.92. The van der Waals surface area contributed by atoms with Gasteiger partial charge in [-0.3, -0.25) is 4.79 Å². The van der Waals surface area contributed by atoms with Gasteiger partial charge in [0.05, 0.1) is 13.2 Å². The number of hydrogen-bond donors (Lipinski definition) is 0. The quantitative estimate of drug-likeness (QED) is 0.433. The average molecular weight is 447 g/mol. The largest absolute Gasteiger partial charge is 0.461 e. The molecule has 0 bridgehead atoms. The van der Waals surface area contributed by atoms with Gasteiger partial charge in [0.25, 0.3) is 0 Å². The number of aromatic nitrogens is 1. The van der Waals surface area contributed by atoms with Crippen LogP contribution in [-0.4, -0.2) is 48.2 Å². The highest BCUT2D eigenvalue weighted by atomic mass is 32.2. The molecule has 31 heavy (non-hydrogen) atoms. The highest BCUT2D eigenvalue weighted by Gasteiger charge is 2.30. The molecule has 0 saturated carbocycles. The number of nitrogens with zero attached hydrogens (tertiary/aromatic N) is 2. The van der Waals surface area contributed by atoms with E-state index in [1.165, 1.54) is 6.08 Å². The molecule has 2 aromatic rings. The molecule has 0 N–H and O–H groups in total. The first-order valence-electron chi connectivity index (χ1n) is 10.1. The maximum Gasteiger partial charge on any atom is 0.355 e. The molecule has 0 aliphatic carbocycles. The molecule has 0 radical (unpaired) electrons. The van der Waals surface area contributed by atoms with Gasteiger partial charge in [-0.25, -0.2) is 13.2 Å². The van der Waals surface area contributed by atoms with Gasteiger partial charge < -0.3 is 9.30 Å². The van der Waals surface area contributed by atoms with Crippen molar-refractivity contribution < 1.29 is 22.7 Å². The molecule has 7 nitrogen and oxygen atoms in total. The Bertz CT molecular complexity index is 1080. The van der Waals surface area contributed by atoms with Crippen LogP contribution in [0.3, 0.4) is 0 Å². The second kappa shape index (κ2) is 10.1. The van der Waals surface area contributed by atoms with Gasteiger partial charge in [-0.2, -0.15) is 4.31 Å². The molecule has 0 saturated heterocycles. The van der Waals surface area contributed by atoms with Crippen molar-refractivity contribution in [2.75, 3.05) is 13.2 Å². The number of benzene rings is 1. The summed E-state index contributed by atoms with van der Waals surface area (Å²) in [5.74, 6) is -0.879. The van der Waals surface area contributed by atoms with Crippen LogP contribution in [0.5, 0.6) is 0 Å². The van der Waals surface area contributed by atoms with E-state index >= 15 is 0 Å². The number of carbonyl (C=O) groups is 2. The number of carbonyl (C=O) groups excluding carboxylic acids is 2. The van der Waals surface area contributed by atoms with Gasteiger partial charge in [-0.1, -0.05) is 30.3 Å². The van der Waals surface area contributed by atoms with Gasteiger partial charge in [0.1, 0.15) is 5.69 Å². The Kier molecular flexibility index (Phi) is 7.97. The molecular formula is C23H30N2O5S. The van der Waals surface area contributed by atoms with Crippen molar-refractivity contribution >= 4 is 27.9 Å². The Hall–Kier alpha value is -2.71. The van der Waals surface area contributed by atoms with Crippen molar-refractivity contribution in [3.63, 3.8) is 0 Å². The predicted octanol–water partition coefficient (Wildman–Crippen LogP) is 3.71. The van der Waals surface area contributed by atoms with Crippen LogP contribution in [0.2, 0.25) is 0 Å². The molecule has 0 atom stereocenters. The SMILES string of the molecule is CCOC(=O)c1c(C)c(C(=O)CN(C(C)C)S(=O)(=O)/C=C/c2ccccc2)c(C)n1C. The zero-order valence-electron chi connectivity index (χ0n) is 18.9. The lowest BCUT2D eigenvalue weighted by atomic mass is 10.1. The van der Waals surface area contributed by atoms with E-state index in [2.05, 4.69) is 0 Å². The Labute approximate surface area is 184 Å². The van der Waals surface area contributed by atoms with Gasteiger partial charge >= 0.3 is 5.97 Å². The summed E-state index contributed by atoms with van der Waals surface area (Å²) in [5.41, 5.74) is 2.47. The van der Waals surface area contributed by atoms with Crippen LogP contribution in [0.4, 0.5) is 0 Å². The summed E-state index contributed by atoms with van der Waals surface area (Å²) in [7, 11) is -2.16. The Morgan fingerprint density at radius 1 is 1.16 bits per heavy atom. The van der Waals surface area contributed by atoms with E-state index < -0.39 is 22.0 Å². The summed E-state index contributed by atoms with van der Waals surface area (Å²) in [6, 6.07) is 8.65. The van der Waals surface area contributed by atoms with E-state index in [9.17, 15) is 18.0 Å². The maximum atomic E-state index is 13.2. The Morgan fingerprint density at radius 2 is 1.77 bits per heavy atom. The molecule has 0 aliphatic rings. The third kappa shape index (κ3) is 5.51. The topological polar surface area (TPSA) is 85.7 Å². The lowest BCUT2D eigenvalue weighted by Crippen LogP contribution is -2.39. The lowest BCUT2D eigenvalue weighted by Gasteiger charge is -2.23. The number of Topliss-reactive ketones (excluding diaryl/α,β-unsaturated/α-hetero) is 1. The third-order valence-electron chi connectivity index (χ3n) is 5.11. The van der Waals surface area contributed by atoms with Crippen molar-refractivity contribution in [3.05, 3.63) is 63.8 Å². The fourth-order valence-electron chi connectivity index (χ4n) is 3.47. The molecule has 0 unspecified atom stereocenters. The van der Waals surface area contributed by atoms with Crippen molar-refractivity contribution in [1.82, 2.24) is 8.87 Å². The van der Waals surface area contributed by atoms with E-state index in [0.29, 0.717) is 22.5 Å². The minimum absolute atomic E-state index is 0.221. The van der Waals surface area contributed by atoms with Crippen LogP contribution in [0.25, 0.3) is 6.08 Å². The maximum absolute atomic E-state index is 13.2. The second-order valence-corrected chi connectivity index (χ2v) is 9.31. The lowest BCUT2D eigenvalue weighted by molar-refractivity contribution is 0.0514. The first kappa shape index (κ1) is 24.6. The van der Waals surface area contributed by atoms with Crippen LogP contribution in [0.1, 0.15) is 58.4 Å². The molecule has 168 valence electrons. The van der Waals surface area contributed by atoms with E-state index in [4.69, 9.17) is 4.74 Å². The van der Waals surface area contributed by atoms with Crippen LogP contribution < -0.4 is 0 Å². The first-order valence-corrected chi connectivity index (χ1v) is 11.6. The molecule has 1 aromatic heterocycles. The minimum atomic E-state index is -3.84.